The Morgan fingerprint density at radius 2 is 2.18 bits per heavy atom. The number of hydrogen-bond acceptors (Lipinski definition) is 5. The van der Waals surface area contributed by atoms with Crippen LogP contribution in [0.4, 0.5) is 11.8 Å². The Labute approximate surface area is 140 Å². The maximum Gasteiger partial charge on any atom is 0.238 e. The van der Waals surface area contributed by atoms with Crippen LogP contribution in [0.2, 0.25) is 0 Å². The molecule has 0 saturated heterocycles. The SMILES string of the molecule is CCCNc1nc(O)c(/C=C2\C=Nc3ncccc32)[nH]1.Cl.Cl. The van der Waals surface area contributed by atoms with Crippen molar-refractivity contribution in [2.75, 3.05) is 11.9 Å². The molecule has 3 heterocycles. The number of aromatic nitrogens is 3. The second kappa shape index (κ2) is 7.82. The molecule has 0 amide bonds. The number of halogens is 2. The molecule has 0 atom stereocenters. The van der Waals surface area contributed by atoms with Gasteiger partial charge in [0.25, 0.3) is 0 Å². The number of allylic oxidation sites excluding steroid dienone is 1. The van der Waals surface area contributed by atoms with E-state index in [-0.39, 0.29) is 30.7 Å². The van der Waals surface area contributed by atoms with Crippen LogP contribution in [0.5, 0.6) is 5.88 Å². The summed E-state index contributed by atoms with van der Waals surface area (Å²) in [5.41, 5.74) is 2.40. The fraction of sp³-hybridized carbons (Fsp3) is 0.214. The first-order valence-electron chi connectivity index (χ1n) is 6.52. The normalized spacial score (nSPS) is 13.4. The Hall–Kier alpha value is -2.05. The van der Waals surface area contributed by atoms with Gasteiger partial charge in [0, 0.05) is 30.1 Å². The number of aliphatic imine (C=N–C) groups is 1. The second-order valence-corrected chi connectivity index (χ2v) is 4.48. The monoisotopic (exact) mass is 341 g/mol. The van der Waals surface area contributed by atoms with E-state index in [0.717, 1.165) is 24.1 Å². The Morgan fingerprint density at radius 1 is 1.36 bits per heavy atom. The van der Waals surface area contributed by atoms with E-state index >= 15 is 0 Å². The highest BCUT2D eigenvalue weighted by atomic mass is 35.5. The summed E-state index contributed by atoms with van der Waals surface area (Å²) in [5.74, 6) is 1.24. The Kier molecular flexibility index (Phi) is 6.39. The van der Waals surface area contributed by atoms with Gasteiger partial charge in [-0.25, -0.2) is 9.98 Å². The number of nitrogens with one attached hydrogen (secondary N) is 2. The van der Waals surface area contributed by atoms with Crippen molar-refractivity contribution in [3.63, 3.8) is 0 Å². The molecule has 0 radical (unpaired) electrons. The third-order valence-corrected chi connectivity index (χ3v) is 2.98. The summed E-state index contributed by atoms with van der Waals surface area (Å²) in [6.45, 7) is 2.87. The lowest BCUT2D eigenvalue weighted by Crippen LogP contribution is -2.00. The van der Waals surface area contributed by atoms with Gasteiger partial charge in [0.15, 0.2) is 5.82 Å². The molecule has 22 heavy (non-hydrogen) atoms. The highest BCUT2D eigenvalue weighted by molar-refractivity contribution is 6.20. The number of nitrogens with zero attached hydrogens (tertiary/aromatic N) is 3. The predicted molar refractivity (Wildman–Crippen MR) is 93.8 cm³/mol. The van der Waals surface area contributed by atoms with Gasteiger partial charge >= 0.3 is 0 Å². The van der Waals surface area contributed by atoms with Crippen LogP contribution in [0, 0.1) is 0 Å². The molecular weight excluding hydrogens is 325 g/mol. The number of rotatable bonds is 4. The number of pyridine rings is 1. The van der Waals surface area contributed by atoms with E-state index < -0.39 is 0 Å². The maximum absolute atomic E-state index is 9.85. The first-order chi connectivity index (χ1) is 9.78. The van der Waals surface area contributed by atoms with Crippen LogP contribution in [0.25, 0.3) is 11.6 Å². The van der Waals surface area contributed by atoms with Gasteiger partial charge in [0.05, 0.1) is 0 Å². The highest BCUT2D eigenvalue weighted by Gasteiger charge is 2.14. The van der Waals surface area contributed by atoms with E-state index in [9.17, 15) is 5.11 Å². The third kappa shape index (κ3) is 3.58. The van der Waals surface area contributed by atoms with Crippen LogP contribution in [-0.2, 0) is 0 Å². The topological polar surface area (TPSA) is 86.2 Å². The van der Waals surface area contributed by atoms with E-state index in [1.165, 1.54) is 0 Å². The average Bonchev–Trinajstić information content (AvgIpc) is 3.02. The smallest absolute Gasteiger partial charge is 0.238 e. The molecule has 3 rings (SSSR count). The quantitative estimate of drug-likeness (QED) is 0.794. The molecule has 118 valence electrons. The van der Waals surface area contributed by atoms with Crippen molar-refractivity contribution in [2.24, 2.45) is 4.99 Å². The van der Waals surface area contributed by atoms with Crippen LogP contribution in [0.3, 0.4) is 0 Å². The van der Waals surface area contributed by atoms with Gasteiger partial charge in [-0.1, -0.05) is 6.92 Å². The van der Waals surface area contributed by atoms with Crippen molar-refractivity contribution in [1.29, 1.82) is 0 Å². The summed E-state index contributed by atoms with van der Waals surface area (Å²) in [7, 11) is 0. The van der Waals surface area contributed by atoms with E-state index in [0.29, 0.717) is 17.5 Å². The maximum atomic E-state index is 9.85. The number of imidazole rings is 1. The van der Waals surface area contributed by atoms with Gasteiger partial charge in [-0.2, -0.15) is 4.98 Å². The molecule has 0 aromatic carbocycles. The highest BCUT2D eigenvalue weighted by Crippen LogP contribution is 2.31. The standard InChI is InChI=1S/C14H15N5O.2ClH/c1-2-5-16-14-18-11(13(20)19-14)7-9-8-17-12-10(9)4-3-6-15-12;;/h3-4,6-8,20H,2,5H2,1H3,(H2,16,18,19);2*1H/b9-7+;;. The van der Waals surface area contributed by atoms with E-state index in [1.807, 2.05) is 18.2 Å². The molecule has 1 aliphatic heterocycles. The zero-order valence-corrected chi connectivity index (χ0v) is 13.5. The summed E-state index contributed by atoms with van der Waals surface area (Å²) in [6.07, 6.45) is 6.25. The fourth-order valence-corrected chi connectivity index (χ4v) is 2.00. The molecule has 0 aliphatic carbocycles. The van der Waals surface area contributed by atoms with Crippen LogP contribution in [0.15, 0.2) is 23.3 Å². The Balaban J connectivity index is 0.00000121. The summed E-state index contributed by atoms with van der Waals surface area (Å²) < 4.78 is 0. The number of fused-ring (bicyclic) bond motifs is 1. The molecule has 0 saturated carbocycles. The van der Waals surface area contributed by atoms with Crippen LogP contribution in [0.1, 0.15) is 24.6 Å². The summed E-state index contributed by atoms with van der Waals surface area (Å²) in [4.78, 5) is 15.5. The first kappa shape index (κ1) is 18.0. The summed E-state index contributed by atoms with van der Waals surface area (Å²) >= 11 is 0. The lowest BCUT2D eigenvalue weighted by atomic mass is 10.1. The van der Waals surface area contributed by atoms with Gasteiger partial charge in [-0.3, -0.25) is 0 Å². The molecular formula is C14H17Cl2N5O. The van der Waals surface area contributed by atoms with Crippen molar-refractivity contribution in [2.45, 2.75) is 13.3 Å². The van der Waals surface area contributed by atoms with Crippen molar-refractivity contribution in [3.8, 4) is 5.88 Å². The largest absolute Gasteiger partial charge is 0.492 e. The molecule has 0 fully saturated rings. The number of hydrogen-bond donors (Lipinski definition) is 3. The minimum atomic E-state index is -0.0261. The van der Waals surface area contributed by atoms with Crippen LogP contribution < -0.4 is 5.32 Å². The van der Waals surface area contributed by atoms with E-state index in [4.69, 9.17) is 0 Å². The van der Waals surface area contributed by atoms with Crippen molar-refractivity contribution < 1.29 is 5.11 Å². The molecule has 2 aromatic heterocycles. The molecule has 2 aromatic rings. The zero-order valence-electron chi connectivity index (χ0n) is 11.9. The van der Waals surface area contributed by atoms with Gasteiger partial charge < -0.3 is 15.4 Å². The lowest BCUT2D eigenvalue weighted by molar-refractivity contribution is 0.455. The molecule has 0 unspecified atom stereocenters. The first-order valence-corrected chi connectivity index (χ1v) is 6.52. The third-order valence-electron chi connectivity index (χ3n) is 2.98. The van der Waals surface area contributed by atoms with Crippen molar-refractivity contribution in [3.05, 3.63) is 29.6 Å². The van der Waals surface area contributed by atoms with Gasteiger partial charge in [-0.15, -0.1) is 24.8 Å². The minimum Gasteiger partial charge on any atom is -0.492 e. The van der Waals surface area contributed by atoms with E-state index in [2.05, 4.69) is 32.2 Å². The molecule has 6 nitrogen and oxygen atoms in total. The zero-order chi connectivity index (χ0) is 13.9. The Bertz CT molecular complexity index is 696. The average molecular weight is 342 g/mol. The van der Waals surface area contributed by atoms with Crippen molar-refractivity contribution in [1.82, 2.24) is 15.0 Å². The van der Waals surface area contributed by atoms with Crippen LogP contribution in [-0.4, -0.2) is 32.8 Å². The summed E-state index contributed by atoms with van der Waals surface area (Å²) in [5, 5.41) is 12.9. The van der Waals surface area contributed by atoms with Gasteiger partial charge in [0.1, 0.15) is 5.69 Å². The number of aromatic hydroxyl groups is 1. The van der Waals surface area contributed by atoms with E-state index in [1.54, 1.807) is 12.4 Å². The fourth-order valence-electron chi connectivity index (χ4n) is 2.00. The molecule has 3 N–H and O–H groups in total. The predicted octanol–water partition coefficient (Wildman–Crippen LogP) is 3.43. The number of H-pyrrole nitrogens is 1. The summed E-state index contributed by atoms with van der Waals surface area (Å²) in [6, 6.07) is 3.81. The van der Waals surface area contributed by atoms with Gasteiger partial charge in [0.2, 0.25) is 11.8 Å². The number of aromatic amines is 1. The second-order valence-electron chi connectivity index (χ2n) is 4.48. The molecule has 0 spiro atoms. The lowest BCUT2D eigenvalue weighted by Gasteiger charge is -1.98. The molecule has 0 bridgehead atoms. The van der Waals surface area contributed by atoms with Crippen molar-refractivity contribution >= 4 is 54.4 Å². The number of anilines is 1. The molecule has 1 aliphatic rings. The van der Waals surface area contributed by atoms with Crippen LogP contribution >= 0.6 is 24.8 Å². The van der Waals surface area contributed by atoms with Gasteiger partial charge in [-0.05, 0) is 24.6 Å². The minimum absolute atomic E-state index is 0. The Morgan fingerprint density at radius 3 is 2.95 bits per heavy atom. The molecule has 8 heteroatoms.